The monoisotopic (exact) mass is 275 g/mol. The lowest BCUT2D eigenvalue weighted by Gasteiger charge is -2.32. The Bertz CT molecular complexity index is 453. The maximum atomic E-state index is 11.9. The SMILES string of the molecule is NCC(=O)NCC(=O)N1CCC(c2ccccc2)CC1. The Morgan fingerprint density at radius 2 is 1.85 bits per heavy atom. The third-order valence-corrected chi connectivity index (χ3v) is 3.74. The fraction of sp³-hybridized carbons (Fsp3) is 0.467. The van der Waals surface area contributed by atoms with Crippen LogP contribution < -0.4 is 11.1 Å². The molecule has 0 aromatic heterocycles. The fourth-order valence-corrected chi connectivity index (χ4v) is 2.55. The zero-order valence-corrected chi connectivity index (χ0v) is 11.5. The van der Waals surface area contributed by atoms with Crippen molar-refractivity contribution in [1.29, 1.82) is 0 Å². The van der Waals surface area contributed by atoms with Gasteiger partial charge in [0.1, 0.15) is 0 Å². The number of rotatable bonds is 4. The van der Waals surface area contributed by atoms with E-state index in [2.05, 4.69) is 29.6 Å². The molecule has 1 aliphatic heterocycles. The highest BCUT2D eigenvalue weighted by Gasteiger charge is 2.23. The molecular weight excluding hydrogens is 254 g/mol. The van der Waals surface area contributed by atoms with Crippen LogP contribution in [0, 0.1) is 0 Å². The molecule has 0 unspecified atom stereocenters. The third kappa shape index (κ3) is 3.81. The molecule has 0 radical (unpaired) electrons. The number of piperidine rings is 1. The lowest BCUT2D eigenvalue weighted by Crippen LogP contribution is -2.44. The molecule has 5 nitrogen and oxygen atoms in total. The lowest BCUT2D eigenvalue weighted by atomic mass is 9.89. The number of benzene rings is 1. The molecule has 1 aromatic carbocycles. The quantitative estimate of drug-likeness (QED) is 0.838. The van der Waals surface area contributed by atoms with Crippen LogP contribution in [0.4, 0.5) is 0 Å². The van der Waals surface area contributed by atoms with Crippen LogP contribution >= 0.6 is 0 Å². The van der Waals surface area contributed by atoms with E-state index >= 15 is 0 Å². The number of hydrogen-bond acceptors (Lipinski definition) is 3. The molecule has 0 aliphatic carbocycles. The number of hydrogen-bond donors (Lipinski definition) is 2. The molecular formula is C15H21N3O2. The summed E-state index contributed by atoms with van der Waals surface area (Å²) in [4.78, 5) is 24.8. The van der Waals surface area contributed by atoms with Gasteiger partial charge >= 0.3 is 0 Å². The summed E-state index contributed by atoms with van der Waals surface area (Å²) in [6.45, 7) is 1.46. The van der Waals surface area contributed by atoms with Gasteiger partial charge in [-0.15, -0.1) is 0 Å². The van der Waals surface area contributed by atoms with Crippen LogP contribution in [0.15, 0.2) is 30.3 Å². The van der Waals surface area contributed by atoms with Gasteiger partial charge in [-0.25, -0.2) is 0 Å². The van der Waals surface area contributed by atoms with Crippen LogP contribution in [-0.2, 0) is 9.59 Å². The lowest BCUT2D eigenvalue weighted by molar-refractivity contribution is -0.133. The van der Waals surface area contributed by atoms with Crippen molar-refractivity contribution in [3.8, 4) is 0 Å². The Morgan fingerprint density at radius 1 is 1.20 bits per heavy atom. The van der Waals surface area contributed by atoms with Crippen molar-refractivity contribution in [2.75, 3.05) is 26.2 Å². The van der Waals surface area contributed by atoms with Gasteiger partial charge in [-0.1, -0.05) is 30.3 Å². The molecule has 1 saturated heterocycles. The average molecular weight is 275 g/mol. The Labute approximate surface area is 119 Å². The number of carbonyl (C=O) groups excluding carboxylic acids is 2. The molecule has 2 rings (SSSR count). The highest BCUT2D eigenvalue weighted by Crippen LogP contribution is 2.27. The van der Waals surface area contributed by atoms with Crippen molar-refractivity contribution in [2.45, 2.75) is 18.8 Å². The minimum absolute atomic E-state index is 0.0293. The molecule has 5 heteroatoms. The normalized spacial score (nSPS) is 15.9. The maximum absolute atomic E-state index is 11.9. The van der Waals surface area contributed by atoms with Gasteiger partial charge in [-0.3, -0.25) is 9.59 Å². The predicted octanol–water partition coefficient (Wildman–Crippen LogP) is 0.467. The minimum atomic E-state index is -0.294. The van der Waals surface area contributed by atoms with Gasteiger partial charge in [0, 0.05) is 13.1 Å². The van der Waals surface area contributed by atoms with Crippen LogP contribution in [0.25, 0.3) is 0 Å². The molecule has 1 heterocycles. The highest BCUT2D eigenvalue weighted by molar-refractivity contribution is 5.85. The predicted molar refractivity (Wildman–Crippen MR) is 77.1 cm³/mol. The van der Waals surface area contributed by atoms with Crippen molar-refractivity contribution >= 4 is 11.8 Å². The molecule has 0 spiro atoms. The van der Waals surface area contributed by atoms with Crippen LogP contribution in [0.1, 0.15) is 24.3 Å². The van der Waals surface area contributed by atoms with E-state index < -0.39 is 0 Å². The summed E-state index contributed by atoms with van der Waals surface area (Å²) in [7, 11) is 0. The van der Waals surface area contributed by atoms with Crippen molar-refractivity contribution in [3.05, 3.63) is 35.9 Å². The van der Waals surface area contributed by atoms with Gasteiger partial charge in [0.05, 0.1) is 13.1 Å². The average Bonchev–Trinajstić information content (AvgIpc) is 2.53. The third-order valence-electron chi connectivity index (χ3n) is 3.74. The van der Waals surface area contributed by atoms with Crippen LogP contribution in [0.5, 0.6) is 0 Å². The molecule has 2 amide bonds. The van der Waals surface area contributed by atoms with E-state index in [1.807, 2.05) is 11.0 Å². The minimum Gasteiger partial charge on any atom is -0.346 e. The van der Waals surface area contributed by atoms with Gasteiger partial charge in [0.25, 0.3) is 0 Å². The number of amides is 2. The first-order valence-electron chi connectivity index (χ1n) is 7.00. The topological polar surface area (TPSA) is 75.4 Å². The number of carbonyl (C=O) groups is 2. The molecule has 3 N–H and O–H groups in total. The van der Waals surface area contributed by atoms with Gasteiger partial charge in [0.2, 0.25) is 11.8 Å². The number of nitrogens with one attached hydrogen (secondary N) is 1. The van der Waals surface area contributed by atoms with Gasteiger partial charge in [-0.05, 0) is 24.3 Å². The Morgan fingerprint density at radius 3 is 2.45 bits per heavy atom. The number of nitrogens with zero attached hydrogens (tertiary/aromatic N) is 1. The van der Waals surface area contributed by atoms with Crippen molar-refractivity contribution in [3.63, 3.8) is 0 Å². The summed E-state index contributed by atoms with van der Waals surface area (Å²) in [5.41, 5.74) is 6.53. The molecule has 20 heavy (non-hydrogen) atoms. The molecule has 1 fully saturated rings. The zero-order chi connectivity index (χ0) is 14.4. The second kappa shape index (κ2) is 7.05. The van der Waals surface area contributed by atoms with E-state index in [9.17, 15) is 9.59 Å². The van der Waals surface area contributed by atoms with Crippen LogP contribution in [0.3, 0.4) is 0 Å². The molecule has 0 saturated carbocycles. The van der Waals surface area contributed by atoms with Gasteiger partial charge < -0.3 is 16.0 Å². The standard InChI is InChI=1S/C15H21N3O2/c16-10-14(19)17-11-15(20)18-8-6-13(7-9-18)12-4-2-1-3-5-12/h1-5,13H,6-11,16H2,(H,17,19). The zero-order valence-electron chi connectivity index (χ0n) is 11.5. The van der Waals surface area contributed by atoms with Crippen molar-refractivity contribution < 1.29 is 9.59 Å². The molecule has 0 bridgehead atoms. The second-order valence-electron chi connectivity index (χ2n) is 5.05. The Balaban J connectivity index is 1.79. The molecule has 0 atom stereocenters. The van der Waals surface area contributed by atoms with E-state index in [1.54, 1.807) is 0 Å². The molecule has 1 aromatic rings. The summed E-state index contributed by atoms with van der Waals surface area (Å²) < 4.78 is 0. The summed E-state index contributed by atoms with van der Waals surface area (Å²) in [6, 6.07) is 10.4. The van der Waals surface area contributed by atoms with E-state index in [1.165, 1.54) is 5.56 Å². The molecule has 108 valence electrons. The Kier molecular flexibility index (Phi) is 5.12. The van der Waals surface area contributed by atoms with Crippen LogP contribution in [-0.4, -0.2) is 42.9 Å². The van der Waals surface area contributed by atoms with E-state index in [0.29, 0.717) is 5.92 Å². The van der Waals surface area contributed by atoms with Crippen molar-refractivity contribution in [2.24, 2.45) is 5.73 Å². The first-order chi connectivity index (χ1) is 9.70. The summed E-state index contributed by atoms with van der Waals surface area (Å²) in [6.07, 6.45) is 1.95. The highest BCUT2D eigenvalue weighted by atomic mass is 16.2. The largest absolute Gasteiger partial charge is 0.346 e. The maximum Gasteiger partial charge on any atom is 0.241 e. The summed E-state index contributed by atoms with van der Waals surface area (Å²) in [5.74, 6) is 0.203. The Hall–Kier alpha value is -1.88. The number of nitrogens with two attached hydrogens (primary N) is 1. The fourth-order valence-electron chi connectivity index (χ4n) is 2.55. The van der Waals surface area contributed by atoms with Gasteiger partial charge in [-0.2, -0.15) is 0 Å². The first kappa shape index (κ1) is 14.5. The van der Waals surface area contributed by atoms with E-state index in [0.717, 1.165) is 25.9 Å². The van der Waals surface area contributed by atoms with E-state index in [4.69, 9.17) is 5.73 Å². The first-order valence-corrected chi connectivity index (χ1v) is 7.00. The smallest absolute Gasteiger partial charge is 0.241 e. The summed E-state index contributed by atoms with van der Waals surface area (Å²) >= 11 is 0. The van der Waals surface area contributed by atoms with E-state index in [-0.39, 0.29) is 24.9 Å². The second-order valence-corrected chi connectivity index (χ2v) is 5.05. The summed E-state index contributed by atoms with van der Waals surface area (Å²) in [5, 5.41) is 2.52. The van der Waals surface area contributed by atoms with Crippen molar-refractivity contribution in [1.82, 2.24) is 10.2 Å². The number of likely N-dealkylation sites (tertiary alicyclic amines) is 1. The molecule has 1 aliphatic rings. The van der Waals surface area contributed by atoms with Crippen LogP contribution in [0.2, 0.25) is 0 Å². The van der Waals surface area contributed by atoms with Gasteiger partial charge in [0.15, 0.2) is 0 Å².